The lowest BCUT2D eigenvalue weighted by Crippen LogP contribution is -2.13. The summed E-state index contributed by atoms with van der Waals surface area (Å²) in [5.41, 5.74) is 1.74. The van der Waals surface area contributed by atoms with Gasteiger partial charge in [-0.2, -0.15) is 5.26 Å². The van der Waals surface area contributed by atoms with E-state index in [4.69, 9.17) is 10.1 Å². The summed E-state index contributed by atoms with van der Waals surface area (Å²) in [5, 5.41) is 26.1. The van der Waals surface area contributed by atoms with Crippen LogP contribution in [0.25, 0.3) is 0 Å². The van der Waals surface area contributed by atoms with Gasteiger partial charge in [-0.25, -0.2) is 14.5 Å². The fourth-order valence-corrected chi connectivity index (χ4v) is 2.17. The fourth-order valence-electron chi connectivity index (χ4n) is 2.17. The Balaban J connectivity index is 1.77. The summed E-state index contributed by atoms with van der Waals surface area (Å²) in [6.07, 6.45) is -1.04. The number of anilines is 1. The molecule has 3 aromatic rings. The van der Waals surface area contributed by atoms with Crippen molar-refractivity contribution in [2.75, 3.05) is 5.32 Å². The number of amides is 1. The highest BCUT2D eigenvalue weighted by Gasteiger charge is 2.14. The molecule has 11 heteroatoms. The minimum absolute atomic E-state index is 0.0330. The molecule has 0 aliphatic carbocycles. The second-order valence-electron chi connectivity index (χ2n) is 5.22. The first-order valence-corrected chi connectivity index (χ1v) is 7.74. The molecule has 0 bridgehead atoms. The Hall–Kier alpha value is -3.86. The summed E-state index contributed by atoms with van der Waals surface area (Å²) in [6.45, 7) is 0.0330. The molecule has 2 N–H and O–H groups in total. The van der Waals surface area contributed by atoms with Gasteiger partial charge in [-0.15, -0.1) is 5.10 Å². The second-order valence-corrected chi connectivity index (χ2v) is 5.22. The molecule has 1 amide bonds. The summed E-state index contributed by atoms with van der Waals surface area (Å²) in [5.74, 6) is 0.634. The van der Waals surface area contributed by atoms with Gasteiger partial charge in [-0.3, -0.25) is 10.2 Å². The highest BCUT2D eigenvalue weighted by molar-refractivity contribution is 6.10. The minimum atomic E-state index is -1.04. The Labute approximate surface area is 153 Å². The predicted octanol–water partition coefficient (Wildman–Crippen LogP) is 1.60. The molecule has 3 rings (SSSR count). The van der Waals surface area contributed by atoms with Crippen LogP contribution in [0, 0.1) is 0 Å². The van der Waals surface area contributed by atoms with Gasteiger partial charge in [0.1, 0.15) is 5.82 Å². The van der Waals surface area contributed by atoms with Gasteiger partial charge in [0, 0.05) is 12.6 Å². The van der Waals surface area contributed by atoms with E-state index in [-0.39, 0.29) is 12.4 Å². The first-order chi connectivity index (χ1) is 13.2. The molecular formula is C16H15N7O4. The van der Waals surface area contributed by atoms with Crippen LogP contribution >= 0.6 is 0 Å². The third-order valence-electron chi connectivity index (χ3n) is 3.37. The normalized spacial score (nSPS) is 11.1. The maximum Gasteiger partial charge on any atom is 0.444 e. The molecule has 138 valence electrons. The van der Waals surface area contributed by atoms with Crippen LogP contribution < -0.4 is 5.32 Å². The third-order valence-corrected chi connectivity index (χ3v) is 3.37. The van der Waals surface area contributed by atoms with Crippen molar-refractivity contribution in [3.8, 4) is 0 Å². The van der Waals surface area contributed by atoms with Crippen molar-refractivity contribution in [2.45, 2.75) is 6.61 Å². The zero-order valence-corrected chi connectivity index (χ0v) is 14.2. The SMILES string of the molecule is Cn1nnnc1/C(=N\OCc1cccc(NC(=O)OO)n1)c1ccccc1. The smallest absolute Gasteiger partial charge is 0.389 e. The van der Waals surface area contributed by atoms with Crippen molar-refractivity contribution < 1.29 is 19.8 Å². The van der Waals surface area contributed by atoms with Crippen LogP contribution in [0.15, 0.2) is 53.7 Å². The van der Waals surface area contributed by atoms with Crippen molar-refractivity contribution in [3.05, 3.63) is 65.6 Å². The number of aryl methyl sites for hydroxylation is 1. The van der Waals surface area contributed by atoms with E-state index >= 15 is 0 Å². The first-order valence-electron chi connectivity index (χ1n) is 7.74. The van der Waals surface area contributed by atoms with E-state index in [1.165, 1.54) is 10.7 Å². The number of carbonyl (C=O) groups is 1. The van der Waals surface area contributed by atoms with Gasteiger partial charge < -0.3 is 4.84 Å². The molecule has 0 radical (unpaired) electrons. The van der Waals surface area contributed by atoms with Crippen molar-refractivity contribution in [2.24, 2.45) is 12.2 Å². The average Bonchev–Trinajstić information content (AvgIpc) is 3.12. The number of tetrazole rings is 1. The van der Waals surface area contributed by atoms with E-state index in [0.717, 1.165) is 5.56 Å². The number of aromatic nitrogens is 5. The number of hydrogen-bond acceptors (Lipinski definition) is 9. The standard InChI is InChI=1S/C16H15N7O4/c1-23-15(19-21-22-23)14(11-6-3-2-4-7-11)20-26-10-12-8-5-9-13(17-12)18-16(24)27-25/h2-9,25H,10H2,1H3,(H,17,18,24)/b20-14-. The van der Waals surface area contributed by atoms with Gasteiger partial charge in [0.2, 0.25) is 5.82 Å². The number of rotatable bonds is 6. The van der Waals surface area contributed by atoms with E-state index in [1.54, 1.807) is 19.2 Å². The Morgan fingerprint density at radius 3 is 2.74 bits per heavy atom. The van der Waals surface area contributed by atoms with Gasteiger partial charge in [-0.05, 0) is 22.6 Å². The maximum absolute atomic E-state index is 11.0. The van der Waals surface area contributed by atoms with Crippen LogP contribution in [0.3, 0.4) is 0 Å². The van der Waals surface area contributed by atoms with Crippen molar-refractivity contribution in [1.29, 1.82) is 0 Å². The second kappa shape index (κ2) is 8.49. The van der Waals surface area contributed by atoms with Crippen LogP contribution in [0.5, 0.6) is 0 Å². The Morgan fingerprint density at radius 1 is 1.22 bits per heavy atom. The quantitative estimate of drug-likeness (QED) is 0.380. The van der Waals surface area contributed by atoms with Crippen molar-refractivity contribution in [3.63, 3.8) is 0 Å². The molecule has 0 aliphatic rings. The third kappa shape index (κ3) is 4.61. The number of hydrogen-bond donors (Lipinski definition) is 2. The monoisotopic (exact) mass is 369 g/mol. The van der Waals surface area contributed by atoms with Crippen molar-refractivity contribution >= 4 is 17.6 Å². The predicted molar refractivity (Wildman–Crippen MR) is 92.6 cm³/mol. The number of nitrogens with one attached hydrogen (secondary N) is 1. The minimum Gasteiger partial charge on any atom is -0.389 e. The lowest BCUT2D eigenvalue weighted by Gasteiger charge is -2.07. The van der Waals surface area contributed by atoms with Crippen LogP contribution in [0.2, 0.25) is 0 Å². The molecule has 27 heavy (non-hydrogen) atoms. The molecule has 0 aliphatic heterocycles. The summed E-state index contributed by atoms with van der Waals surface area (Å²) >= 11 is 0. The Bertz CT molecular complexity index is 943. The Kier molecular flexibility index (Phi) is 5.64. The molecule has 0 atom stereocenters. The summed E-state index contributed by atoms with van der Waals surface area (Å²) < 4.78 is 1.48. The van der Waals surface area contributed by atoms with E-state index in [1.807, 2.05) is 30.3 Å². The van der Waals surface area contributed by atoms with Crippen LogP contribution in [0.1, 0.15) is 17.1 Å². The fraction of sp³-hybridized carbons (Fsp3) is 0.125. The lowest BCUT2D eigenvalue weighted by atomic mass is 10.1. The van der Waals surface area contributed by atoms with Crippen LogP contribution in [0.4, 0.5) is 10.6 Å². The molecule has 0 unspecified atom stereocenters. The Morgan fingerprint density at radius 2 is 2.04 bits per heavy atom. The van der Waals surface area contributed by atoms with E-state index in [0.29, 0.717) is 17.2 Å². The van der Waals surface area contributed by atoms with Gasteiger partial charge in [0.05, 0.1) is 5.69 Å². The highest BCUT2D eigenvalue weighted by atomic mass is 17.1. The average molecular weight is 369 g/mol. The van der Waals surface area contributed by atoms with Gasteiger partial charge >= 0.3 is 6.09 Å². The first kappa shape index (κ1) is 17.9. The van der Waals surface area contributed by atoms with Gasteiger partial charge in [-0.1, -0.05) is 41.6 Å². The van der Waals surface area contributed by atoms with E-state index in [9.17, 15) is 4.79 Å². The largest absolute Gasteiger partial charge is 0.444 e. The molecule has 0 saturated carbocycles. The highest BCUT2D eigenvalue weighted by Crippen LogP contribution is 2.10. The number of carbonyl (C=O) groups excluding carboxylic acids is 1. The van der Waals surface area contributed by atoms with Crippen LogP contribution in [-0.2, 0) is 23.4 Å². The number of benzene rings is 1. The molecule has 2 heterocycles. The summed E-state index contributed by atoms with van der Waals surface area (Å²) in [4.78, 5) is 24.1. The molecule has 2 aromatic heterocycles. The number of pyridine rings is 1. The molecule has 11 nitrogen and oxygen atoms in total. The molecular weight excluding hydrogens is 354 g/mol. The van der Waals surface area contributed by atoms with E-state index in [2.05, 4.69) is 35.9 Å². The van der Waals surface area contributed by atoms with Crippen LogP contribution in [-0.4, -0.2) is 42.3 Å². The molecule has 0 spiro atoms. The lowest BCUT2D eigenvalue weighted by molar-refractivity contribution is -0.172. The maximum atomic E-state index is 11.0. The molecule has 1 aromatic carbocycles. The molecule has 0 fully saturated rings. The molecule has 0 saturated heterocycles. The van der Waals surface area contributed by atoms with E-state index < -0.39 is 6.09 Å². The summed E-state index contributed by atoms with van der Waals surface area (Å²) in [7, 11) is 1.70. The zero-order valence-electron chi connectivity index (χ0n) is 14.2. The zero-order chi connectivity index (χ0) is 19.1. The number of oxime groups is 1. The summed E-state index contributed by atoms with van der Waals surface area (Å²) in [6, 6.07) is 14.2. The van der Waals surface area contributed by atoms with Crippen molar-refractivity contribution in [1.82, 2.24) is 25.2 Å². The topological polar surface area (TPSA) is 137 Å². The van der Waals surface area contributed by atoms with Gasteiger partial charge in [0.25, 0.3) is 0 Å². The van der Waals surface area contributed by atoms with Gasteiger partial charge in [0.15, 0.2) is 12.3 Å². The number of nitrogens with zero attached hydrogens (tertiary/aromatic N) is 6.